The van der Waals surface area contributed by atoms with Gasteiger partial charge in [-0.2, -0.15) is 5.10 Å². The Balaban J connectivity index is 2.07. The maximum Gasteiger partial charge on any atom is 0.256 e. The summed E-state index contributed by atoms with van der Waals surface area (Å²) in [4.78, 5) is 15.9. The highest BCUT2D eigenvalue weighted by Crippen LogP contribution is 2.06. The fourth-order valence-corrected chi connectivity index (χ4v) is 1.85. The van der Waals surface area contributed by atoms with Crippen molar-refractivity contribution in [2.75, 3.05) is 11.6 Å². The molecule has 3 N–H and O–H groups in total. The molecule has 0 saturated carbocycles. The third-order valence-corrected chi connectivity index (χ3v) is 3.01. The van der Waals surface area contributed by atoms with Crippen LogP contribution in [0.2, 0.25) is 0 Å². The number of rotatable bonds is 5. The minimum atomic E-state index is -3.30. The molecule has 8 nitrogen and oxygen atoms in total. The van der Waals surface area contributed by atoms with Gasteiger partial charge in [0.1, 0.15) is 5.82 Å². The number of nitrogens with one attached hydrogen (secondary N) is 3. The first-order chi connectivity index (χ1) is 9.44. The van der Waals surface area contributed by atoms with Crippen LogP contribution in [-0.4, -0.2) is 35.8 Å². The molecule has 0 radical (unpaired) electrons. The third kappa shape index (κ3) is 4.14. The summed E-state index contributed by atoms with van der Waals surface area (Å²) in [6.45, 7) is 0.0318. The van der Waals surface area contributed by atoms with Crippen molar-refractivity contribution < 1.29 is 13.2 Å². The molecule has 20 heavy (non-hydrogen) atoms. The fourth-order valence-electron chi connectivity index (χ4n) is 1.44. The predicted octanol–water partition coefficient (Wildman–Crippen LogP) is 0.106. The van der Waals surface area contributed by atoms with Gasteiger partial charge in [-0.05, 0) is 12.1 Å². The monoisotopic (exact) mass is 295 g/mol. The molecule has 0 fully saturated rings. The van der Waals surface area contributed by atoms with E-state index in [0.29, 0.717) is 17.1 Å². The van der Waals surface area contributed by atoms with E-state index in [9.17, 15) is 13.2 Å². The summed E-state index contributed by atoms with van der Waals surface area (Å²) in [7, 11) is -3.30. The van der Waals surface area contributed by atoms with Gasteiger partial charge in [0.15, 0.2) is 0 Å². The maximum absolute atomic E-state index is 11.9. The number of sulfonamides is 1. The van der Waals surface area contributed by atoms with E-state index in [4.69, 9.17) is 0 Å². The number of amides is 1. The van der Waals surface area contributed by atoms with Crippen LogP contribution < -0.4 is 10.0 Å². The Labute approximate surface area is 115 Å². The van der Waals surface area contributed by atoms with Gasteiger partial charge in [-0.25, -0.2) is 13.1 Å². The number of aromatic nitrogens is 3. The number of anilines is 1. The van der Waals surface area contributed by atoms with Crippen molar-refractivity contribution in [2.45, 2.75) is 6.54 Å². The number of hydrogen-bond acceptors (Lipinski definition) is 5. The van der Waals surface area contributed by atoms with Crippen LogP contribution in [0.5, 0.6) is 0 Å². The number of pyridine rings is 1. The van der Waals surface area contributed by atoms with Crippen LogP contribution in [0.25, 0.3) is 0 Å². The molecule has 9 heteroatoms. The van der Waals surface area contributed by atoms with Crippen LogP contribution in [0, 0.1) is 0 Å². The van der Waals surface area contributed by atoms with Crippen LogP contribution in [0.3, 0.4) is 0 Å². The van der Waals surface area contributed by atoms with E-state index in [1.54, 1.807) is 6.07 Å². The summed E-state index contributed by atoms with van der Waals surface area (Å²) < 4.78 is 24.3. The molecular weight excluding hydrogens is 282 g/mol. The minimum absolute atomic E-state index is 0.0318. The van der Waals surface area contributed by atoms with Gasteiger partial charge in [-0.1, -0.05) is 0 Å². The molecule has 0 aliphatic carbocycles. The average molecular weight is 295 g/mol. The molecular formula is C11H13N5O3S. The van der Waals surface area contributed by atoms with Crippen molar-refractivity contribution >= 4 is 21.7 Å². The van der Waals surface area contributed by atoms with Crippen molar-refractivity contribution in [3.8, 4) is 0 Å². The van der Waals surface area contributed by atoms with Gasteiger partial charge in [0.25, 0.3) is 5.91 Å². The molecule has 0 aliphatic rings. The first-order valence-electron chi connectivity index (χ1n) is 5.64. The molecule has 1 amide bonds. The van der Waals surface area contributed by atoms with Crippen LogP contribution in [-0.2, 0) is 16.6 Å². The molecule has 0 unspecified atom stereocenters. The highest BCUT2D eigenvalue weighted by Gasteiger charge is 2.09. The van der Waals surface area contributed by atoms with E-state index < -0.39 is 10.0 Å². The first-order valence-corrected chi connectivity index (χ1v) is 7.53. The molecule has 2 heterocycles. The Morgan fingerprint density at radius 3 is 2.80 bits per heavy atom. The first kappa shape index (κ1) is 14.2. The van der Waals surface area contributed by atoms with E-state index in [2.05, 4.69) is 25.2 Å². The van der Waals surface area contributed by atoms with Crippen LogP contribution in [0.1, 0.15) is 16.1 Å². The Morgan fingerprint density at radius 2 is 2.15 bits per heavy atom. The number of carbonyl (C=O) groups is 1. The average Bonchev–Trinajstić information content (AvgIpc) is 2.89. The number of hydrogen-bond donors (Lipinski definition) is 3. The summed E-state index contributed by atoms with van der Waals surface area (Å²) in [5.74, 6) is 0.139. The Hall–Kier alpha value is -2.26. The van der Waals surface area contributed by atoms with Crippen molar-refractivity contribution in [1.29, 1.82) is 0 Å². The van der Waals surface area contributed by atoms with Crippen LogP contribution in [0.15, 0.2) is 30.6 Å². The lowest BCUT2D eigenvalue weighted by Crippen LogP contribution is -2.22. The summed E-state index contributed by atoms with van der Waals surface area (Å²) >= 11 is 0. The number of carbonyl (C=O) groups excluding carboxylic acids is 1. The number of aromatic amines is 1. The molecule has 2 aromatic heterocycles. The van der Waals surface area contributed by atoms with Crippen molar-refractivity contribution in [2.24, 2.45) is 0 Å². The quantitative estimate of drug-likeness (QED) is 0.723. The molecule has 0 bridgehead atoms. The second kappa shape index (κ2) is 5.80. The van der Waals surface area contributed by atoms with Gasteiger partial charge >= 0.3 is 0 Å². The van der Waals surface area contributed by atoms with E-state index in [1.807, 2.05) is 0 Å². The normalized spacial score (nSPS) is 11.2. The molecule has 2 rings (SSSR count). The summed E-state index contributed by atoms with van der Waals surface area (Å²) in [5.41, 5.74) is 0.826. The lowest BCUT2D eigenvalue weighted by atomic mass is 10.2. The smallest absolute Gasteiger partial charge is 0.256 e. The second-order valence-corrected chi connectivity index (χ2v) is 5.89. The highest BCUT2D eigenvalue weighted by atomic mass is 32.2. The maximum atomic E-state index is 11.9. The summed E-state index contributed by atoms with van der Waals surface area (Å²) in [5, 5.41) is 8.94. The number of H-pyrrole nitrogens is 1. The summed E-state index contributed by atoms with van der Waals surface area (Å²) in [6.07, 6.45) is 4.02. The van der Waals surface area contributed by atoms with Gasteiger partial charge in [-0.15, -0.1) is 0 Å². The van der Waals surface area contributed by atoms with E-state index >= 15 is 0 Å². The molecule has 0 aromatic carbocycles. The van der Waals surface area contributed by atoms with Crippen LogP contribution >= 0.6 is 0 Å². The minimum Gasteiger partial charge on any atom is -0.307 e. The standard InChI is InChI=1S/C11H13N5O3S/c1-20(18,19)14-7-9-6-8(2-4-12-9)11(17)15-10-3-5-13-16-10/h2-6,14H,7H2,1H3,(H2,13,15,16,17). The molecule has 0 saturated heterocycles. The van der Waals surface area contributed by atoms with Gasteiger partial charge in [0, 0.05) is 17.8 Å². The van der Waals surface area contributed by atoms with E-state index in [1.165, 1.54) is 24.5 Å². The largest absolute Gasteiger partial charge is 0.307 e. The van der Waals surface area contributed by atoms with Gasteiger partial charge < -0.3 is 5.32 Å². The Morgan fingerprint density at radius 1 is 1.35 bits per heavy atom. The number of nitrogens with zero attached hydrogens (tertiary/aromatic N) is 2. The van der Waals surface area contributed by atoms with E-state index in [-0.39, 0.29) is 12.5 Å². The lowest BCUT2D eigenvalue weighted by Gasteiger charge is -2.05. The Kier molecular flexibility index (Phi) is 4.11. The zero-order chi connectivity index (χ0) is 14.6. The topological polar surface area (TPSA) is 117 Å². The SMILES string of the molecule is CS(=O)(=O)NCc1cc(C(=O)Nc2ccn[nH]2)ccn1. The highest BCUT2D eigenvalue weighted by molar-refractivity contribution is 7.88. The van der Waals surface area contributed by atoms with Gasteiger partial charge in [0.05, 0.1) is 24.7 Å². The third-order valence-electron chi connectivity index (χ3n) is 2.34. The molecule has 0 atom stereocenters. The molecule has 106 valence electrons. The Bertz CT molecular complexity index is 697. The molecule has 0 spiro atoms. The molecule has 0 aliphatic heterocycles. The van der Waals surface area contributed by atoms with Gasteiger partial charge in [-0.3, -0.25) is 14.9 Å². The van der Waals surface area contributed by atoms with Crippen LogP contribution in [0.4, 0.5) is 5.82 Å². The van der Waals surface area contributed by atoms with E-state index in [0.717, 1.165) is 6.26 Å². The summed E-state index contributed by atoms with van der Waals surface area (Å²) in [6, 6.07) is 4.67. The zero-order valence-electron chi connectivity index (χ0n) is 10.6. The predicted molar refractivity (Wildman–Crippen MR) is 72.5 cm³/mol. The van der Waals surface area contributed by atoms with Gasteiger partial charge in [0.2, 0.25) is 10.0 Å². The molecule has 2 aromatic rings. The second-order valence-electron chi connectivity index (χ2n) is 4.05. The zero-order valence-corrected chi connectivity index (χ0v) is 11.4. The van der Waals surface area contributed by atoms with Crippen molar-refractivity contribution in [3.05, 3.63) is 41.9 Å². The lowest BCUT2D eigenvalue weighted by molar-refractivity contribution is 0.102. The van der Waals surface area contributed by atoms with Crippen molar-refractivity contribution in [1.82, 2.24) is 19.9 Å². The van der Waals surface area contributed by atoms with Crippen molar-refractivity contribution in [3.63, 3.8) is 0 Å². The fraction of sp³-hybridized carbons (Fsp3) is 0.182.